The quantitative estimate of drug-likeness (QED) is 0.477. The summed E-state index contributed by atoms with van der Waals surface area (Å²) in [4.78, 5) is 35.8. The molecular formula is C21H35N3O4. The topological polar surface area (TPSA) is 96.5 Å². The fourth-order valence-electron chi connectivity index (χ4n) is 5.85. The zero-order valence-corrected chi connectivity index (χ0v) is 17.4. The van der Waals surface area contributed by atoms with E-state index in [-0.39, 0.29) is 23.7 Å². The molecule has 0 aromatic heterocycles. The lowest BCUT2D eigenvalue weighted by Gasteiger charge is -2.56. The lowest BCUT2D eigenvalue weighted by molar-refractivity contribution is -0.134. The average Bonchev–Trinajstić information content (AvgIpc) is 2.53. The highest BCUT2D eigenvalue weighted by Crippen LogP contribution is 2.61. The maximum atomic E-state index is 12.4. The Morgan fingerprint density at radius 1 is 0.929 bits per heavy atom. The standard InChI is InChI=1S/C21H35N3O4/c1-20(2,3)28-19(27)22-6-4-5-17(25)23-24-18(26)13-21-10-14-7-15(11-21)9-16(8-14)12-21/h14-16H,4-13H2,1-3H3,(H,22,27)(H,23,25)(H,24,26). The van der Waals surface area contributed by atoms with Gasteiger partial charge in [-0.2, -0.15) is 0 Å². The van der Waals surface area contributed by atoms with Crippen LogP contribution in [0.15, 0.2) is 0 Å². The summed E-state index contributed by atoms with van der Waals surface area (Å²) in [5.41, 5.74) is 4.72. The Balaban J connectivity index is 1.30. The molecule has 0 unspecified atom stereocenters. The maximum absolute atomic E-state index is 12.4. The Morgan fingerprint density at radius 2 is 1.46 bits per heavy atom. The van der Waals surface area contributed by atoms with Gasteiger partial charge in [-0.3, -0.25) is 20.4 Å². The van der Waals surface area contributed by atoms with E-state index in [9.17, 15) is 14.4 Å². The summed E-state index contributed by atoms with van der Waals surface area (Å²) < 4.78 is 5.13. The number of hydrogen-bond acceptors (Lipinski definition) is 4. The molecule has 4 bridgehead atoms. The molecule has 0 atom stereocenters. The SMILES string of the molecule is CC(C)(C)OC(=O)NCCCC(=O)NNC(=O)CC12CC3CC(CC(C3)C1)C2. The monoisotopic (exact) mass is 393 g/mol. The van der Waals surface area contributed by atoms with Crippen molar-refractivity contribution in [1.82, 2.24) is 16.2 Å². The van der Waals surface area contributed by atoms with Crippen molar-refractivity contribution < 1.29 is 19.1 Å². The number of hydrogen-bond donors (Lipinski definition) is 3. The first kappa shape index (κ1) is 20.9. The summed E-state index contributed by atoms with van der Waals surface area (Å²) in [7, 11) is 0. The van der Waals surface area contributed by atoms with Crippen LogP contribution in [-0.2, 0) is 14.3 Å². The normalized spacial score (nSPS) is 30.6. The largest absolute Gasteiger partial charge is 0.444 e. The van der Waals surface area contributed by atoms with Gasteiger partial charge >= 0.3 is 6.09 Å². The zero-order chi connectivity index (χ0) is 20.4. The fraction of sp³-hybridized carbons (Fsp3) is 0.857. The number of amides is 3. The molecule has 3 N–H and O–H groups in total. The first-order chi connectivity index (χ1) is 13.1. The number of alkyl carbamates (subject to hydrolysis) is 1. The second kappa shape index (κ2) is 8.29. The predicted octanol–water partition coefficient (Wildman–Crippen LogP) is 3.05. The maximum Gasteiger partial charge on any atom is 0.407 e. The number of ether oxygens (including phenoxy) is 1. The van der Waals surface area contributed by atoms with Crippen LogP contribution in [-0.4, -0.2) is 30.1 Å². The van der Waals surface area contributed by atoms with Crippen LogP contribution >= 0.6 is 0 Å². The molecule has 0 heterocycles. The fourth-order valence-corrected chi connectivity index (χ4v) is 5.85. The van der Waals surface area contributed by atoms with E-state index in [0.29, 0.717) is 19.4 Å². The van der Waals surface area contributed by atoms with Crippen LogP contribution in [0.5, 0.6) is 0 Å². The molecule has 0 aliphatic heterocycles. The van der Waals surface area contributed by atoms with Gasteiger partial charge in [0.1, 0.15) is 5.60 Å². The molecule has 0 radical (unpaired) electrons. The van der Waals surface area contributed by atoms with E-state index in [1.165, 1.54) is 38.5 Å². The van der Waals surface area contributed by atoms with Crippen molar-refractivity contribution in [3.8, 4) is 0 Å². The van der Waals surface area contributed by atoms with Crippen molar-refractivity contribution in [2.24, 2.45) is 23.2 Å². The van der Waals surface area contributed by atoms with Gasteiger partial charge in [0.15, 0.2) is 0 Å². The molecule has 0 aromatic rings. The molecule has 4 aliphatic rings. The van der Waals surface area contributed by atoms with E-state index < -0.39 is 11.7 Å². The van der Waals surface area contributed by atoms with Gasteiger partial charge in [-0.1, -0.05) is 0 Å². The van der Waals surface area contributed by atoms with Crippen molar-refractivity contribution in [3.05, 3.63) is 0 Å². The van der Waals surface area contributed by atoms with Crippen molar-refractivity contribution in [2.75, 3.05) is 6.54 Å². The number of nitrogens with one attached hydrogen (secondary N) is 3. The Labute approximate surface area is 167 Å². The van der Waals surface area contributed by atoms with Crippen molar-refractivity contribution >= 4 is 17.9 Å². The van der Waals surface area contributed by atoms with Crippen LogP contribution in [0.4, 0.5) is 4.79 Å². The third-order valence-corrected chi connectivity index (χ3v) is 6.29. The van der Waals surface area contributed by atoms with Gasteiger partial charge in [0.05, 0.1) is 0 Å². The van der Waals surface area contributed by atoms with Gasteiger partial charge in [0.25, 0.3) is 0 Å². The molecule has 0 saturated heterocycles. The van der Waals surface area contributed by atoms with E-state index in [4.69, 9.17) is 4.74 Å². The molecule has 158 valence electrons. The van der Waals surface area contributed by atoms with Crippen molar-refractivity contribution in [2.45, 2.75) is 84.2 Å². The van der Waals surface area contributed by atoms with E-state index in [0.717, 1.165) is 17.8 Å². The molecule has 7 nitrogen and oxygen atoms in total. The molecule has 4 fully saturated rings. The average molecular weight is 394 g/mol. The zero-order valence-electron chi connectivity index (χ0n) is 17.4. The molecule has 4 rings (SSSR count). The second-order valence-corrected chi connectivity index (χ2v) is 10.2. The molecule has 4 aliphatic carbocycles. The van der Waals surface area contributed by atoms with E-state index >= 15 is 0 Å². The third kappa shape index (κ3) is 5.85. The number of carbonyl (C=O) groups excluding carboxylic acids is 3. The minimum absolute atomic E-state index is 0.0813. The highest BCUT2D eigenvalue weighted by Gasteiger charge is 2.51. The minimum atomic E-state index is -0.539. The second-order valence-electron chi connectivity index (χ2n) is 10.2. The summed E-state index contributed by atoms with van der Waals surface area (Å²) in [5, 5.41) is 2.62. The highest BCUT2D eigenvalue weighted by atomic mass is 16.6. The first-order valence-electron chi connectivity index (χ1n) is 10.7. The molecule has 7 heteroatoms. The van der Waals surface area contributed by atoms with Gasteiger partial charge < -0.3 is 10.1 Å². The Bertz CT molecular complexity index is 576. The van der Waals surface area contributed by atoms with Gasteiger partial charge in [-0.05, 0) is 88.9 Å². The molecule has 28 heavy (non-hydrogen) atoms. The van der Waals surface area contributed by atoms with E-state index in [1.807, 2.05) is 0 Å². The van der Waals surface area contributed by atoms with Crippen LogP contribution in [0, 0.1) is 23.2 Å². The van der Waals surface area contributed by atoms with Gasteiger partial charge in [0, 0.05) is 19.4 Å². The summed E-state index contributed by atoms with van der Waals surface area (Å²) in [6, 6.07) is 0. The lowest BCUT2D eigenvalue weighted by atomic mass is 9.49. The molecule has 3 amide bonds. The Hall–Kier alpha value is -1.79. The summed E-state index contributed by atoms with van der Waals surface area (Å²) in [6.07, 6.45) is 8.35. The van der Waals surface area contributed by atoms with Crippen molar-refractivity contribution in [3.63, 3.8) is 0 Å². The van der Waals surface area contributed by atoms with Crippen LogP contribution in [0.3, 0.4) is 0 Å². The van der Waals surface area contributed by atoms with E-state index in [1.54, 1.807) is 20.8 Å². The van der Waals surface area contributed by atoms with Crippen LogP contribution in [0.25, 0.3) is 0 Å². The molecular weight excluding hydrogens is 358 g/mol. The molecule has 4 saturated carbocycles. The smallest absolute Gasteiger partial charge is 0.407 e. The summed E-state index contributed by atoms with van der Waals surface area (Å²) in [6.45, 7) is 5.74. The lowest BCUT2D eigenvalue weighted by Crippen LogP contribution is -2.50. The summed E-state index contributed by atoms with van der Waals surface area (Å²) >= 11 is 0. The Morgan fingerprint density at radius 3 is 2.00 bits per heavy atom. The molecule has 0 aromatic carbocycles. The summed E-state index contributed by atoms with van der Waals surface area (Å²) in [5.74, 6) is 2.11. The van der Waals surface area contributed by atoms with Crippen LogP contribution in [0.1, 0.15) is 78.6 Å². The minimum Gasteiger partial charge on any atom is -0.444 e. The Kier molecular flexibility index (Phi) is 6.20. The van der Waals surface area contributed by atoms with Gasteiger partial charge in [0.2, 0.25) is 11.8 Å². The van der Waals surface area contributed by atoms with Crippen molar-refractivity contribution in [1.29, 1.82) is 0 Å². The van der Waals surface area contributed by atoms with E-state index in [2.05, 4.69) is 16.2 Å². The number of hydrazine groups is 1. The van der Waals surface area contributed by atoms with Gasteiger partial charge in [-0.15, -0.1) is 0 Å². The van der Waals surface area contributed by atoms with Gasteiger partial charge in [-0.25, -0.2) is 4.79 Å². The van der Waals surface area contributed by atoms with Crippen LogP contribution < -0.4 is 16.2 Å². The predicted molar refractivity (Wildman–Crippen MR) is 105 cm³/mol. The first-order valence-corrected chi connectivity index (χ1v) is 10.7. The third-order valence-electron chi connectivity index (χ3n) is 6.29. The molecule has 0 spiro atoms. The number of carbonyl (C=O) groups is 3. The van der Waals surface area contributed by atoms with Crippen LogP contribution in [0.2, 0.25) is 0 Å². The number of rotatable bonds is 6. The highest BCUT2D eigenvalue weighted by molar-refractivity contribution is 5.82.